The van der Waals surface area contributed by atoms with Crippen LogP contribution in [0.25, 0.3) is 0 Å². The van der Waals surface area contributed by atoms with Crippen LogP contribution in [0.4, 0.5) is 0 Å². The van der Waals surface area contributed by atoms with Crippen LogP contribution < -0.4 is 14.8 Å². The molecule has 0 aliphatic carbocycles. The summed E-state index contributed by atoms with van der Waals surface area (Å²) in [6.07, 6.45) is 2.06. The van der Waals surface area contributed by atoms with Crippen LogP contribution in [0.5, 0.6) is 11.5 Å². The van der Waals surface area contributed by atoms with Gasteiger partial charge in [-0.15, -0.1) is 11.8 Å². The Morgan fingerprint density at radius 2 is 2.12 bits per heavy atom. The number of methoxy groups -OCH3 is 2. The largest absolute Gasteiger partial charge is 0.493 e. The molecule has 2 heterocycles. The van der Waals surface area contributed by atoms with Crippen LogP contribution in [0.1, 0.15) is 25.3 Å². The third-order valence-corrected chi connectivity index (χ3v) is 6.41. The van der Waals surface area contributed by atoms with Crippen molar-refractivity contribution in [2.45, 2.75) is 37.1 Å². The third-order valence-electron chi connectivity index (χ3n) is 4.91. The average molecular weight is 364 g/mol. The number of amides is 2. The number of hydrogen-bond acceptors (Lipinski definition) is 5. The van der Waals surface area contributed by atoms with E-state index >= 15 is 0 Å². The first-order valence-electron chi connectivity index (χ1n) is 8.43. The summed E-state index contributed by atoms with van der Waals surface area (Å²) in [5.41, 5.74) is 1.06. The minimum absolute atomic E-state index is 0.0630. The summed E-state index contributed by atoms with van der Waals surface area (Å²) in [5.74, 6) is 2.06. The highest BCUT2D eigenvalue weighted by atomic mass is 32.2. The van der Waals surface area contributed by atoms with E-state index in [1.165, 1.54) is 0 Å². The Balaban J connectivity index is 1.56. The zero-order valence-electron chi connectivity index (χ0n) is 14.8. The monoisotopic (exact) mass is 364 g/mol. The fourth-order valence-electron chi connectivity index (χ4n) is 3.50. The van der Waals surface area contributed by atoms with Crippen LogP contribution in [0, 0.1) is 0 Å². The summed E-state index contributed by atoms with van der Waals surface area (Å²) in [5, 5.41) is 2.97. The Morgan fingerprint density at radius 3 is 2.84 bits per heavy atom. The van der Waals surface area contributed by atoms with E-state index in [-0.39, 0.29) is 22.7 Å². The topological polar surface area (TPSA) is 67.9 Å². The summed E-state index contributed by atoms with van der Waals surface area (Å²) in [6.45, 7) is 2.58. The van der Waals surface area contributed by atoms with Crippen LogP contribution in [-0.4, -0.2) is 54.1 Å². The van der Waals surface area contributed by atoms with Crippen molar-refractivity contribution in [3.05, 3.63) is 23.8 Å². The summed E-state index contributed by atoms with van der Waals surface area (Å²) >= 11 is 1.71. The van der Waals surface area contributed by atoms with Gasteiger partial charge in [0.1, 0.15) is 6.04 Å². The van der Waals surface area contributed by atoms with Gasteiger partial charge < -0.3 is 19.7 Å². The molecule has 7 heteroatoms. The number of nitrogens with zero attached hydrogens (tertiary/aromatic N) is 1. The number of carbonyl (C=O) groups is 2. The lowest BCUT2D eigenvalue weighted by Crippen LogP contribution is -2.50. The number of nitrogens with one attached hydrogen (secondary N) is 1. The van der Waals surface area contributed by atoms with Gasteiger partial charge in [-0.2, -0.15) is 0 Å². The first kappa shape index (κ1) is 17.9. The van der Waals surface area contributed by atoms with Gasteiger partial charge in [-0.05, 0) is 37.5 Å². The highest BCUT2D eigenvalue weighted by molar-refractivity contribution is 8.01. The van der Waals surface area contributed by atoms with Crippen molar-refractivity contribution in [2.75, 3.05) is 26.5 Å². The van der Waals surface area contributed by atoms with Gasteiger partial charge in [0.25, 0.3) is 0 Å². The van der Waals surface area contributed by atoms with E-state index in [0.717, 1.165) is 12.0 Å². The zero-order chi connectivity index (χ0) is 18.0. The lowest BCUT2D eigenvalue weighted by atomic mass is 10.1. The number of hydrogen-bond donors (Lipinski definition) is 1. The lowest BCUT2D eigenvalue weighted by molar-refractivity contribution is -0.137. The molecule has 0 saturated carbocycles. The van der Waals surface area contributed by atoms with Gasteiger partial charge in [0, 0.05) is 18.7 Å². The highest BCUT2D eigenvalue weighted by Gasteiger charge is 2.52. The maximum atomic E-state index is 12.5. The van der Waals surface area contributed by atoms with E-state index in [0.29, 0.717) is 36.6 Å². The van der Waals surface area contributed by atoms with E-state index in [9.17, 15) is 9.59 Å². The quantitative estimate of drug-likeness (QED) is 0.834. The van der Waals surface area contributed by atoms with Gasteiger partial charge in [-0.25, -0.2) is 0 Å². The Hall–Kier alpha value is -1.89. The summed E-state index contributed by atoms with van der Waals surface area (Å²) in [7, 11) is 3.20. The van der Waals surface area contributed by atoms with Crippen LogP contribution in [-0.2, 0) is 16.0 Å². The standard InChI is InChI=1S/C18H24N2O4S/c1-18-8-6-16(21)20(18)13(11-25-18)17(22)19-9-7-12-4-5-14(23-2)15(10-12)24-3/h4-5,10,13H,6-9,11H2,1-3H3,(H,19,22). The molecule has 1 aromatic rings. The zero-order valence-corrected chi connectivity index (χ0v) is 15.6. The van der Waals surface area contributed by atoms with E-state index in [1.54, 1.807) is 30.9 Å². The molecule has 2 amide bonds. The van der Waals surface area contributed by atoms with Crippen molar-refractivity contribution >= 4 is 23.6 Å². The molecular weight excluding hydrogens is 340 g/mol. The third kappa shape index (κ3) is 3.42. The first-order chi connectivity index (χ1) is 12.0. The molecular formula is C18H24N2O4S. The van der Waals surface area contributed by atoms with Crippen LogP contribution in [0.15, 0.2) is 18.2 Å². The van der Waals surface area contributed by atoms with Crippen LogP contribution in [0.3, 0.4) is 0 Å². The number of thioether (sulfide) groups is 1. The summed E-state index contributed by atoms with van der Waals surface area (Å²) in [6, 6.07) is 5.38. The Bertz CT molecular complexity index is 681. The molecule has 0 radical (unpaired) electrons. The van der Waals surface area contributed by atoms with E-state index in [1.807, 2.05) is 18.2 Å². The van der Waals surface area contributed by atoms with Gasteiger partial charge in [0.15, 0.2) is 11.5 Å². The minimum atomic E-state index is -0.351. The normalized spacial score (nSPS) is 25.0. The maximum Gasteiger partial charge on any atom is 0.243 e. The van der Waals surface area contributed by atoms with Crippen molar-refractivity contribution in [3.63, 3.8) is 0 Å². The Morgan fingerprint density at radius 1 is 1.36 bits per heavy atom. The molecule has 6 nitrogen and oxygen atoms in total. The van der Waals surface area contributed by atoms with Crippen LogP contribution in [0.2, 0.25) is 0 Å². The fourth-order valence-corrected chi connectivity index (χ4v) is 4.93. The molecule has 1 N–H and O–H groups in total. The van der Waals surface area contributed by atoms with Crippen molar-refractivity contribution < 1.29 is 19.1 Å². The number of carbonyl (C=O) groups excluding carboxylic acids is 2. The van der Waals surface area contributed by atoms with Gasteiger partial charge in [0.2, 0.25) is 11.8 Å². The summed E-state index contributed by atoms with van der Waals surface area (Å²) < 4.78 is 10.5. The molecule has 0 bridgehead atoms. The van der Waals surface area contributed by atoms with Crippen molar-refractivity contribution in [1.82, 2.24) is 10.2 Å². The molecule has 0 spiro atoms. The molecule has 2 unspecified atom stereocenters. The van der Waals surface area contributed by atoms with Crippen LogP contribution >= 0.6 is 11.8 Å². The van der Waals surface area contributed by atoms with Gasteiger partial charge in [-0.3, -0.25) is 9.59 Å². The van der Waals surface area contributed by atoms with Gasteiger partial charge >= 0.3 is 0 Å². The van der Waals surface area contributed by atoms with Crippen molar-refractivity contribution in [1.29, 1.82) is 0 Å². The molecule has 2 aliphatic rings. The predicted octanol–water partition coefficient (Wildman–Crippen LogP) is 1.82. The smallest absolute Gasteiger partial charge is 0.243 e. The Kier molecular flexibility index (Phi) is 5.13. The average Bonchev–Trinajstić information content (AvgIpc) is 3.11. The SMILES string of the molecule is COc1ccc(CCNC(=O)C2CSC3(C)CCC(=O)N23)cc1OC. The van der Waals surface area contributed by atoms with Crippen molar-refractivity contribution in [2.24, 2.45) is 0 Å². The molecule has 136 valence electrons. The number of rotatable bonds is 6. The van der Waals surface area contributed by atoms with Gasteiger partial charge in [-0.1, -0.05) is 6.07 Å². The minimum Gasteiger partial charge on any atom is -0.493 e. The second-order valence-corrected chi connectivity index (χ2v) is 8.00. The lowest BCUT2D eigenvalue weighted by Gasteiger charge is -2.29. The molecule has 3 rings (SSSR count). The van der Waals surface area contributed by atoms with Gasteiger partial charge in [0.05, 0.1) is 19.1 Å². The highest BCUT2D eigenvalue weighted by Crippen LogP contribution is 2.47. The van der Waals surface area contributed by atoms with Crippen molar-refractivity contribution in [3.8, 4) is 11.5 Å². The fraction of sp³-hybridized carbons (Fsp3) is 0.556. The first-order valence-corrected chi connectivity index (χ1v) is 9.42. The second-order valence-electron chi connectivity index (χ2n) is 6.50. The van der Waals surface area contributed by atoms with E-state index in [4.69, 9.17) is 9.47 Å². The summed E-state index contributed by atoms with van der Waals surface area (Å²) in [4.78, 5) is 26.2. The second kappa shape index (κ2) is 7.15. The molecule has 0 aromatic heterocycles. The predicted molar refractivity (Wildman–Crippen MR) is 97.0 cm³/mol. The molecule has 2 atom stereocenters. The molecule has 2 aliphatic heterocycles. The molecule has 2 fully saturated rings. The van der Waals surface area contributed by atoms with E-state index < -0.39 is 0 Å². The molecule has 25 heavy (non-hydrogen) atoms. The number of ether oxygens (including phenoxy) is 2. The number of fused-ring (bicyclic) bond motifs is 1. The number of benzene rings is 1. The maximum absolute atomic E-state index is 12.5. The Labute approximate surface area is 152 Å². The van der Waals surface area contributed by atoms with E-state index in [2.05, 4.69) is 12.2 Å². The molecule has 2 saturated heterocycles. The molecule has 1 aromatic carbocycles.